The number of amides is 2. The molecule has 9 nitrogen and oxygen atoms in total. The highest BCUT2D eigenvalue weighted by molar-refractivity contribution is 5.83. The number of carbonyl (C=O) groups excluding carboxylic acids is 2. The van der Waals surface area contributed by atoms with Gasteiger partial charge >= 0.3 is 0 Å². The average molecular weight is 656 g/mol. The lowest BCUT2D eigenvalue weighted by atomic mass is 9.69. The third-order valence-corrected chi connectivity index (χ3v) is 11.2. The first-order valence-electron chi connectivity index (χ1n) is 17.7. The van der Waals surface area contributed by atoms with Gasteiger partial charge in [-0.25, -0.2) is 9.97 Å². The highest BCUT2D eigenvalue weighted by Crippen LogP contribution is 2.47. The van der Waals surface area contributed by atoms with Gasteiger partial charge in [0.15, 0.2) is 0 Å². The summed E-state index contributed by atoms with van der Waals surface area (Å²) >= 11 is 0. The Kier molecular flexibility index (Phi) is 9.56. The topological polar surface area (TPSA) is 115 Å². The van der Waals surface area contributed by atoms with Gasteiger partial charge in [-0.05, 0) is 80.2 Å². The number of nitrogens with one attached hydrogen (secondary N) is 2. The van der Waals surface area contributed by atoms with Crippen LogP contribution in [0, 0.1) is 29.6 Å². The molecule has 1 aromatic carbocycles. The number of pyridine rings is 1. The molecule has 2 N–H and O–H groups in total. The number of aromatic nitrogens is 5. The molecule has 1 spiro atoms. The minimum Gasteiger partial charge on any atom is -0.356 e. The van der Waals surface area contributed by atoms with Gasteiger partial charge in [-0.3, -0.25) is 19.3 Å². The van der Waals surface area contributed by atoms with E-state index in [0.717, 1.165) is 104 Å². The van der Waals surface area contributed by atoms with E-state index in [1.54, 1.807) is 4.68 Å². The van der Waals surface area contributed by atoms with Crippen molar-refractivity contribution in [2.75, 3.05) is 6.54 Å². The highest BCUT2D eigenvalue weighted by Gasteiger charge is 2.42. The van der Waals surface area contributed by atoms with Crippen molar-refractivity contribution in [3.8, 4) is 23.5 Å². The largest absolute Gasteiger partial charge is 0.356 e. The molecule has 252 valence electrons. The number of hydrogen-bond donors (Lipinski definition) is 2. The molecular weight excluding hydrogens is 610 g/mol. The number of hydrogen-bond acceptors (Lipinski definition) is 6. The third kappa shape index (κ3) is 7.44. The van der Waals surface area contributed by atoms with Crippen LogP contribution in [0.4, 0.5) is 0 Å². The van der Waals surface area contributed by atoms with Gasteiger partial charge in [-0.2, -0.15) is 5.10 Å². The van der Waals surface area contributed by atoms with Crippen LogP contribution in [0.1, 0.15) is 98.0 Å². The summed E-state index contributed by atoms with van der Waals surface area (Å²) in [5.41, 5.74) is 5.77. The standard InChI is InChI=1S/C40H45N7O2/c1-3-29-22-42-35(46-38(29)31-15-17-40(18-16-31)20-36(48)44-26-40)19-27-9-11-30(12-10-27)37(39(49)43-21-28-7-5-4-6-8-28)34-14-13-32(23-41-34)33-24-45-47(2)25-33/h1,4-8,13-14,22-25,27,30-31,37H,9-12,15-21,26H2,2H3,(H,43,49)(H,44,48). The molecule has 2 aliphatic carbocycles. The Morgan fingerprint density at radius 1 is 1.02 bits per heavy atom. The lowest BCUT2D eigenvalue weighted by molar-refractivity contribution is -0.124. The van der Waals surface area contributed by atoms with Crippen LogP contribution < -0.4 is 10.6 Å². The SMILES string of the molecule is C#Cc1cnc(CC2CCC(C(C(=O)NCc3ccccc3)c3ccc(-c4cnn(C)c4)cn3)CC2)nc1C1CCC2(CC1)CNC(=O)C2. The van der Waals surface area contributed by atoms with E-state index in [1.165, 1.54) is 0 Å². The molecule has 2 saturated carbocycles. The van der Waals surface area contributed by atoms with Crippen molar-refractivity contribution in [2.45, 2.75) is 82.6 Å². The molecule has 4 heterocycles. The molecule has 1 atom stereocenters. The van der Waals surface area contributed by atoms with Crippen LogP contribution in [0.25, 0.3) is 11.1 Å². The molecule has 1 saturated heterocycles. The van der Waals surface area contributed by atoms with E-state index >= 15 is 0 Å². The number of benzene rings is 1. The van der Waals surface area contributed by atoms with E-state index in [0.29, 0.717) is 24.8 Å². The van der Waals surface area contributed by atoms with Crippen molar-refractivity contribution in [1.82, 2.24) is 35.4 Å². The van der Waals surface area contributed by atoms with Crippen LogP contribution in [0.5, 0.6) is 0 Å². The second kappa shape index (κ2) is 14.3. The van der Waals surface area contributed by atoms with Gasteiger partial charge in [0, 0.05) is 68.6 Å². The number of nitrogens with zero attached hydrogens (tertiary/aromatic N) is 5. The van der Waals surface area contributed by atoms with Gasteiger partial charge in [-0.1, -0.05) is 42.3 Å². The first kappa shape index (κ1) is 32.7. The smallest absolute Gasteiger partial charge is 0.229 e. The van der Waals surface area contributed by atoms with Gasteiger partial charge in [0.05, 0.1) is 29.1 Å². The van der Waals surface area contributed by atoms with Gasteiger partial charge in [-0.15, -0.1) is 6.42 Å². The van der Waals surface area contributed by atoms with Crippen LogP contribution in [0.15, 0.2) is 67.3 Å². The summed E-state index contributed by atoms with van der Waals surface area (Å²) in [5.74, 6) is 4.51. The Hall–Kier alpha value is -4.84. The zero-order chi connectivity index (χ0) is 33.8. The summed E-state index contributed by atoms with van der Waals surface area (Å²) in [6, 6.07) is 14.1. The zero-order valence-corrected chi connectivity index (χ0v) is 28.3. The number of terminal acetylenes is 1. The summed E-state index contributed by atoms with van der Waals surface area (Å²) in [4.78, 5) is 40.4. The fourth-order valence-corrected chi connectivity index (χ4v) is 8.36. The van der Waals surface area contributed by atoms with Crippen molar-refractivity contribution in [1.29, 1.82) is 0 Å². The molecule has 1 unspecified atom stereocenters. The molecule has 49 heavy (non-hydrogen) atoms. The minimum atomic E-state index is -0.328. The van der Waals surface area contributed by atoms with Crippen molar-refractivity contribution >= 4 is 11.8 Å². The zero-order valence-electron chi connectivity index (χ0n) is 28.3. The van der Waals surface area contributed by atoms with Crippen LogP contribution in [0.3, 0.4) is 0 Å². The molecule has 7 rings (SSSR count). The van der Waals surface area contributed by atoms with E-state index in [-0.39, 0.29) is 29.1 Å². The lowest BCUT2D eigenvalue weighted by Crippen LogP contribution is -2.35. The van der Waals surface area contributed by atoms with Crippen LogP contribution in [0.2, 0.25) is 0 Å². The van der Waals surface area contributed by atoms with Gasteiger partial charge < -0.3 is 10.6 Å². The molecule has 9 heteroatoms. The average Bonchev–Trinajstić information content (AvgIpc) is 3.74. The summed E-state index contributed by atoms with van der Waals surface area (Å²) in [6.07, 6.45) is 22.8. The number of carbonyl (C=O) groups is 2. The van der Waals surface area contributed by atoms with Gasteiger partial charge in [0.1, 0.15) is 5.82 Å². The number of rotatable bonds is 9. The van der Waals surface area contributed by atoms with Crippen LogP contribution in [-0.2, 0) is 29.6 Å². The fourth-order valence-electron chi connectivity index (χ4n) is 8.36. The normalized spacial score (nSPS) is 24.2. The molecule has 1 aliphatic heterocycles. The molecule has 2 amide bonds. The van der Waals surface area contributed by atoms with Crippen molar-refractivity contribution in [3.63, 3.8) is 0 Å². The predicted octanol–water partition coefficient (Wildman–Crippen LogP) is 5.87. The maximum absolute atomic E-state index is 13.9. The van der Waals surface area contributed by atoms with Crippen LogP contribution in [-0.4, -0.2) is 43.1 Å². The second-order valence-electron chi connectivity index (χ2n) is 14.5. The lowest BCUT2D eigenvalue weighted by Gasteiger charge is -2.36. The maximum atomic E-state index is 13.9. The summed E-state index contributed by atoms with van der Waals surface area (Å²) in [7, 11) is 1.90. The molecule has 0 radical (unpaired) electrons. The third-order valence-electron chi connectivity index (χ3n) is 11.2. The minimum absolute atomic E-state index is 0.0267. The van der Waals surface area contributed by atoms with E-state index in [9.17, 15) is 9.59 Å². The van der Waals surface area contributed by atoms with E-state index in [2.05, 4.69) is 21.7 Å². The van der Waals surface area contributed by atoms with Crippen LogP contribution >= 0.6 is 0 Å². The molecular formula is C40H45N7O2. The van der Waals surface area contributed by atoms with Gasteiger partial charge in [0.2, 0.25) is 11.8 Å². The molecule has 4 aromatic rings. The molecule has 0 bridgehead atoms. The Bertz CT molecular complexity index is 1810. The Morgan fingerprint density at radius 2 is 1.82 bits per heavy atom. The summed E-state index contributed by atoms with van der Waals surface area (Å²) in [6.45, 7) is 1.28. The van der Waals surface area contributed by atoms with E-state index < -0.39 is 0 Å². The summed E-state index contributed by atoms with van der Waals surface area (Å²) in [5, 5.41) is 10.5. The molecule has 3 aliphatic rings. The quantitative estimate of drug-likeness (QED) is 0.218. The van der Waals surface area contributed by atoms with Crippen molar-refractivity contribution in [2.24, 2.45) is 24.3 Å². The van der Waals surface area contributed by atoms with E-state index in [4.69, 9.17) is 21.4 Å². The second-order valence-corrected chi connectivity index (χ2v) is 14.5. The fraction of sp³-hybridized carbons (Fsp3) is 0.450. The first-order valence-corrected chi connectivity index (χ1v) is 17.7. The molecule has 3 fully saturated rings. The highest BCUT2D eigenvalue weighted by atomic mass is 16.2. The van der Waals surface area contributed by atoms with Crippen molar-refractivity contribution < 1.29 is 9.59 Å². The monoisotopic (exact) mass is 655 g/mol. The van der Waals surface area contributed by atoms with E-state index in [1.807, 2.05) is 74.3 Å². The van der Waals surface area contributed by atoms with Crippen molar-refractivity contribution in [3.05, 3.63) is 95.6 Å². The Labute approximate surface area is 288 Å². The van der Waals surface area contributed by atoms with Gasteiger partial charge in [0.25, 0.3) is 0 Å². The summed E-state index contributed by atoms with van der Waals surface area (Å²) < 4.78 is 1.78. The Morgan fingerprint density at radius 3 is 2.47 bits per heavy atom. The predicted molar refractivity (Wildman–Crippen MR) is 188 cm³/mol. The first-order chi connectivity index (χ1) is 23.9. The number of aryl methyl sites for hydroxylation is 1. The maximum Gasteiger partial charge on any atom is 0.229 e. The Balaban J connectivity index is 1.02. The molecule has 3 aromatic heterocycles.